The van der Waals surface area contributed by atoms with Crippen molar-refractivity contribution in [1.29, 1.82) is 0 Å². The summed E-state index contributed by atoms with van der Waals surface area (Å²) in [7, 11) is 0. The number of carbonyl (C=O) groups excluding carboxylic acids is 1. The number of halogens is 3. The molecule has 1 saturated carbocycles. The summed E-state index contributed by atoms with van der Waals surface area (Å²) in [5.74, 6) is -0.126. The minimum Gasteiger partial charge on any atom is -0.379 e. The lowest BCUT2D eigenvalue weighted by molar-refractivity contribution is -0.384. The molecule has 1 aromatic heterocycles. The zero-order chi connectivity index (χ0) is 21.0. The van der Waals surface area contributed by atoms with E-state index in [2.05, 4.69) is 10.3 Å². The fourth-order valence-corrected chi connectivity index (χ4v) is 2.95. The molecule has 1 aliphatic carbocycles. The van der Waals surface area contributed by atoms with Crippen LogP contribution in [0.1, 0.15) is 30.4 Å². The van der Waals surface area contributed by atoms with E-state index in [1.54, 1.807) is 23.4 Å². The fraction of sp³-hybridized carbons (Fsp3) is 0.368. The van der Waals surface area contributed by atoms with Crippen LogP contribution in [0.25, 0.3) is 0 Å². The van der Waals surface area contributed by atoms with Crippen LogP contribution in [0, 0.1) is 10.1 Å². The normalized spacial score (nSPS) is 13.8. The van der Waals surface area contributed by atoms with Crippen LogP contribution in [0.5, 0.6) is 0 Å². The number of nitrogens with zero attached hydrogens (tertiary/aromatic N) is 3. The van der Waals surface area contributed by atoms with E-state index in [1.165, 1.54) is 0 Å². The maximum atomic E-state index is 12.8. The Bertz CT molecular complexity index is 886. The Morgan fingerprint density at radius 3 is 2.66 bits per heavy atom. The lowest BCUT2D eigenvalue weighted by Gasteiger charge is -2.22. The van der Waals surface area contributed by atoms with Gasteiger partial charge in [-0.1, -0.05) is 6.07 Å². The predicted molar refractivity (Wildman–Crippen MR) is 99.0 cm³/mol. The molecular formula is C19H19F3N4O3. The number of nitro groups is 1. The topological polar surface area (TPSA) is 88.4 Å². The summed E-state index contributed by atoms with van der Waals surface area (Å²) in [5, 5.41) is 13.8. The highest BCUT2D eigenvalue weighted by Crippen LogP contribution is 2.35. The summed E-state index contributed by atoms with van der Waals surface area (Å²) in [6, 6.07) is 6.11. The van der Waals surface area contributed by atoms with Crippen molar-refractivity contribution < 1.29 is 22.9 Å². The van der Waals surface area contributed by atoms with Gasteiger partial charge in [-0.15, -0.1) is 0 Å². The van der Waals surface area contributed by atoms with E-state index in [0.717, 1.165) is 30.5 Å². The molecule has 0 radical (unpaired) electrons. The van der Waals surface area contributed by atoms with Crippen molar-refractivity contribution in [3.8, 4) is 0 Å². The first kappa shape index (κ1) is 20.6. The number of benzene rings is 1. The highest BCUT2D eigenvalue weighted by atomic mass is 19.4. The van der Waals surface area contributed by atoms with E-state index >= 15 is 0 Å². The molecule has 1 aliphatic rings. The number of pyridine rings is 1. The number of nitrogens with one attached hydrogen (secondary N) is 1. The van der Waals surface area contributed by atoms with Gasteiger partial charge in [0.1, 0.15) is 5.69 Å². The van der Waals surface area contributed by atoms with Crippen LogP contribution in [-0.4, -0.2) is 33.3 Å². The Hall–Kier alpha value is -3.17. The minimum absolute atomic E-state index is 0.0546. The van der Waals surface area contributed by atoms with E-state index in [9.17, 15) is 28.1 Å². The zero-order valence-corrected chi connectivity index (χ0v) is 15.4. The first-order chi connectivity index (χ1) is 13.8. The third-order valence-corrected chi connectivity index (χ3v) is 4.56. The van der Waals surface area contributed by atoms with Gasteiger partial charge in [0.2, 0.25) is 5.91 Å². The van der Waals surface area contributed by atoms with Gasteiger partial charge in [0.05, 0.1) is 10.5 Å². The lowest BCUT2D eigenvalue weighted by atomic mass is 10.1. The van der Waals surface area contributed by atoms with Crippen molar-refractivity contribution in [2.45, 2.75) is 38.0 Å². The number of rotatable bonds is 8. The number of amides is 1. The molecular weight excluding hydrogens is 389 g/mol. The molecule has 0 unspecified atom stereocenters. The number of hydrogen-bond acceptors (Lipinski definition) is 5. The maximum absolute atomic E-state index is 12.8. The van der Waals surface area contributed by atoms with E-state index < -0.39 is 22.4 Å². The summed E-state index contributed by atoms with van der Waals surface area (Å²) in [6.45, 7) is 0.499. The molecule has 0 atom stereocenters. The standard InChI is InChI=1S/C19H19F3N4O3/c20-19(21,22)14-3-6-16(17(10-14)26(28)29)24-9-7-18(27)25(15-4-5-15)12-13-2-1-8-23-11-13/h1-3,6,8,10-11,15,24H,4-5,7,9,12H2. The monoisotopic (exact) mass is 408 g/mol. The lowest BCUT2D eigenvalue weighted by Crippen LogP contribution is -2.33. The SMILES string of the molecule is O=C(CCNc1ccc(C(F)(F)F)cc1[N+](=O)[O-])N(Cc1cccnc1)C1CC1. The molecule has 7 nitrogen and oxygen atoms in total. The molecule has 1 fully saturated rings. The van der Waals surface area contributed by atoms with Crippen molar-refractivity contribution in [1.82, 2.24) is 9.88 Å². The predicted octanol–water partition coefficient (Wildman–Crippen LogP) is 4.00. The number of carbonyl (C=O) groups is 1. The third-order valence-electron chi connectivity index (χ3n) is 4.56. The molecule has 1 amide bonds. The van der Waals surface area contributed by atoms with Crippen molar-refractivity contribution >= 4 is 17.3 Å². The Kier molecular flexibility index (Phi) is 6.00. The van der Waals surface area contributed by atoms with E-state index in [1.807, 2.05) is 6.07 Å². The molecule has 1 aromatic carbocycles. The second-order valence-corrected chi connectivity index (χ2v) is 6.78. The molecule has 3 rings (SSSR count). The van der Waals surface area contributed by atoms with Crippen LogP contribution in [0.15, 0.2) is 42.7 Å². The molecule has 1 N–H and O–H groups in total. The van der Waals surface area contributed by atoms with Gasteiger partial charge in [-0.05, 0) is 36.6 Å². The van der Waals surface area contributed by atoms with E-state index in [0.29, 0.717) is 12.6 Å². The average molecular weight is 408 g/mol. The number of aromatic nitrogens is 1. The number of hydrogen-bond donors (Lipinski definition) is 1. The highest BCUT2D eigenvalue weighted by Gasteiger charge is 2.34. The van der Waals surface area contributed by atoms with Gasteiger partial charge >= 0.3 is 6.18 Å². The van der Waals surface area contributed by atoms with E-state index in [-0.39, 0.29) is 30.6 Å². The molecule has 0 aliphatic heterocycles. The van der Waals surface area contributed by atoms with Gasteiger partial charge in [-0.2, -0.15) is 13.2 Å². The Morgan fingerprint density at radius 1 is 1.31 bits per heavy atom. The Balaban J connectivity index is 1.62. The molecule has 10 heteroatoms. The fourth-order valence-electron chi connectivity index (χ4n) is 2.95. The molecule has 29 heavy (non-hydrogen) atoms. The smallest absolute Gasteiger partial charge is 0.379 e. The second-order valence-electron chi connectivity index (χ2n) is 6.78. The summed E-state index contributed by atoms with van der Waals surface area (Å²) >= 11 is 0. The summed E-state index contributed by atoms with van der Waals surface area (Å²) in [4.78, 5) is 28.6. The maximum Gasteiger partial charge on any atom is 0.416 e. The minimum atomic E-state index is -4.67. The van der Waals surface area contributed by atoms with Gasteiger partial charge in [0.25, 0.3) is 5.69 Å². The highest BCUT2D eigenvalue weighted by molar-refractivity contribution is 5.77. The van der Waals surface area contributed by atoms with Crippen LogP contribution in [0.3, 0.4) is 0 Å². The van der Waals surface area contributed by atoms with Gasteiger partial charge < -0.3 is 10.2 Å². The zero-order valence-electron chi connectivity index (χ0n) is 15.4. The first-order valence-corrected chi connectivity index (χ1v) is 9.03. The Labute approximate surface area is 164 Å². The van der Waals surface area contributed by atoms with Crippen LogP contribution in [-0.2, 0) is 17.5 Å². The average Bonchev–Trinajstić information content (AvgIpc) is 3.51. The van der Waals surface area contributed by atoms with Gasteiger partial charge in [-0.3, -0.25) is 19.9 Å². The Morgan fingerprint density at radius 2 is 2.07 bits per heavy atom. The summed E-state index contributed by atoms with van der Waals surface area (Å²) in [6.07, 6.45) is 0.568. The van der Waals surface area contributed by atoms with Crippen LogP contribution < -0.4 is 5.32 Å². The molecule has 1 heterocycles. The van der Waals surface area contributed by atoms with Gasteiger partial charge in [0.15, 0.2) is 0 Å². The largest absolute Gasteiger partial charge is 0.416 e. The number of nitro benzene ring substituents is 1. The van der Waals surface area contributed by atoms with Crippen molar-refractivity contribution in [3.63, 3.8) is 0 Å². The van der Waals surface area contributed by atoms with Crippen LogP contribution >= 0.6 is 0 Å². The molecule has 154 valence electrons. The number of alkyl halides is 3. The first-order valence-electron chi connectivity index (χ1n) is 9.03. The van der Waals surface area contributed by atoms with Gasteiger partial charge in [-0.25, -0.2) is 0 Å². The van der Waals surface area contributed by atoms with Crippen molar-refractivity contribution in [2.75, 3.05) is 11.9 Å². The summed E-state index contributed by atoms with van der Waals surface area (Å²) in [5.41, 5.74) is -0.927. The molecule has 0 saturated heterocycles. The molecule has 0 spiro atoms. The molecule has 0 bridgehead atoms. The van der Waals surface area contributed by atoms with Crippen LogP contribution in [0.2, 0.25) is 0 Å². The van der Waals surface area contributed by atoms with Gasteiger partial charge in [0, 0.05) is 44.0 Å². The van der Waals surface area contributed by atoms with E-state index in [4.69, 9.17) is 0 Å². The summed E-state index contributed by atoms with van der Waals surface area (Å²) < 4.78 is 38.3. The second kappa shape index (κ2) is 8.46. The molecule has 2 aromatic rings. The third kappa shape index (κ3) is 5.43. The van der Waals surface area contributed by atoms with Crippen LogP contribution in [0.4, 0.5) is 24.5 Å². The quantitative estimate of drug-likeness (QED) is 0.527. The van der Waals surface area contributed by atoms with Crippen molar-refractivity contribution in [3.05, 3.63) is 64.0 Å². The van der Waals surface area contributed by atoms with Crippen molar-refractivity contribution in [2.24, 2.45) is 0 Å². The number of anilines is 1.